The highest BCUT2D eigenvalue weighted by molar-refractivity contribution is 6.14. The first kappa shape index (κ1) is 28.2. The van der Waals surface area contributed by atoms with Crippen LogP contribution >= 0.6 is 0 Å². The van der Waals surface area contributed by atoms with Crippen LogP contribution in [0.2, 0.25) is 0 Å². The summed E-state index contributed by atoms with van der Waals surface area (Å²) in [5, 5.41) is 0. The van der Waals surface area contributed by atoms with E-state index in [1.54, 1.807) is 0 Å². The second kappa shape index (κ2) is 12.0. The fraction of sp³-hybridized carbons (Fsp3) is 0.237. The number of para-hydroxylation sites is 2. The lowest BCUT2D eigenvalue weighted by Gasteiger charge is -2.35. The third-order valence-electron chi connectivity index (χ3n) is 8.27. The van der Waals surface area contributed by atoms with E-state index in [0.29, 0.717) is 5.92 Å². The Labute approximate surface area is 245 Å². The number of rotatable bonds is 6. The largest absolute Gasteiger partial charge is 0.345 e. The number of allylic oxidation sites excluding steroid dienone is 2. The highest BCUT2D eigenvalue weighted by Gasteiger charge is 2.34. The zero-order chi connectivity index (χ0) is 29.0. The van der Waals surface area contributed by atoms with Crippen LogP contribution in [0.4, 0.5) is 22.7 Å². The molecule has 208 valence electrons. The van der Waals surface area contributed by atoms with Crippen LogP contribution in [0.5, 0.6) is 0 Å². The lowest BCUT2D eigenvalue weighted by Crippen LogP contribution is -2.29. The predicted molar refractivity (Wildman–Crippen MR) is 175 cm³/mol. The van der Waals surface area contributed by atoms with Crippen LogP contribution < -0.4 is 9.80 Å². The Morgan fingerprint density at radius 2 is 0.902 bits per heavy atom. The number of ketones is 1. The standard InChI is InChI=1S/C38H40N2O/c1-38(2,3)32-26-30(24-28-16-20-35(21-17-28)39(4)33-12-8-6-9-13-33)37(41)31(27-32)25-29-18-22-36(23-19-29)40(5)34-14-10-7-11-15-34/h6-25,32H,26-27H2,1-5H3/b30-24+,31-25+. The van der Waals surface area contributed by atoms with Crippen LogP contribution in [-0.2, 0) is 4.79 Å². The van der Waals surface area contributed by atoms with E-state index in [9.17, 15) is 4.79 Å². The smallest absolute Gasteiger partial charge is 0.185 e. The zero-order valence-corrected chi connectivity index (χ0v) is 24.8. The molecule has 0 amide bonds. The number of carbonyl (C=O) groups is 1. The van der Waals surface area contributed by atoms with Gasteiger partial charge in [-0.1, -0.05) is 81.4 Å². The molecule has 41 heavy (non-hydrogen) atoms. The third kappa shape index (κ3) is 6.69. The van der Waals surface area contributed by atoms with Crippen molar-refractivity contribution in [2.45, 2.75) is 33.6 Å². The van der Waals surface area contributed by atoms with Gasteiger partial charge in [0.05, 0.1) is 0 Å². The van der Waals surface area contributed by atoms with Gasteiger partial charge in [-0.15, -0.1) is 0 Å². The van der Waals surface area contributed by atoms with Gasteiger partial charge in [-0.25, -0.2) is 0 Å². The monoisotopic (exact) mass is 540 g/mol. The Bertz CT molecular complexity index is 1420. The SMILES string of the molecule is CN(c1ccccc1)c1ccc(/C=C2\CC(C(C)(C)C)C/C(=C\c3ccc(N(C)c4ccccc4)cc3)C2=O)cc1. The van der Waals surface area contributed by atoms with Gasteiger partial charge in [-0.2, -0.15) is 0 Å². The summed E-state index contributed by atoms with van der Waals surface area (Å²) in [5.41, 5.74) is 8.52. The quantitative estimate of drug-likeness (QED) is 0.227. The van der Waals surface area contributed by atoms with Crippen molar-refractivity contribution in [3.8, 4) is 0 Å². The van der Waals surface area contributed by atoms with Gasteiger partial charge in [0.2, 0.25) is 0 Å². The van der Waals surface area contributed by atoms with Crippen molar-refractivity contribution in [2.75, 3.05) is 23.9 Å². The molecule has 5 rings (SSSR count). The fourth-order valence-electron chi connectivity index (χ4n) is 5.45. The number of benzene rings is 4. The number of carbonyl (C=O) groups excluding carboxylic acids is 1. The van der Waals surface area contributed by atoms with Crippen molar-refractivity contribution in [1.82, 2.24) is 0 Å². The summed E-state index contributed by atoms with van der Waals surface area (Å²) < 4.78 is 0. The van der Waals surface area contributed by atoms with E-state index in [4.69, 9.17) is 0 Å². The average molecular weight is 541 g/mol. The molecule has 0 aromatic heterocycles. The summed E-state index contributed by atoms with van der Waals surface area (Å²) in [5.74, 6) is 0.561. The molecular formula is C38H40N2O. The topological polar surface area (TPSA) is 23.6 Å². The average Bonchev–Trinajstić information content (AvgIpc) is 2.99. The Morgan fingerprint density at radius 3 is 1.24 bits per heavy atom. The van der Waals surface area contributed by atoms with Gasteiger partial charge in [-0.05, 0) is 96.0 Å². The zero-order valence-electron chi connectivity index (χ0n) is 24.8. The summed E-state index contributed by atoms with van der Waals surface area (Å²) in [4.78, 5) is 18.1. The highest BCUT2D eigenvalue weighted by Crippen LogP contribution is 2.42. The molecule has 0 atom stereocenters. The van der Waals surface area contributed by atoms with E-state index < -0.39 is 0 Å². The van der Waals surface area contributed by atoms with Crippen molar-refractivity contribution >= 4 is 40.7 Å². The molecule has 1 aliphatic rings. The molecule has 3 nitrogen and oxygen atoms in total. The normalized spacial score (nSPS) is 17.6. The molecule has 0 unspecified atom stereocenters. The molecule has 0 N–H and O–H groups in total. The molecule has 4 aromatic rings. The third-order valence-corrected chi connectivity index (χ3v) is 8.27. The van der Waals surface area contributed by atoms with Crippen molar-refractivity contribution in [3.05, 3.63) is 131 Å². The molecule has 0 radical (unpaired) electrons. The van der Waals surface area contributed by atoms with E-state index in [2.05, 4.69) is 130 Å². The van der Waals surface area contributed by atoms with E-state index in [1.807, 2.05) is 36.4 Å². The summed E-state index contributed by atoms with van der Waals surface area (Å²) in [6.45, 7) is 6.85. The molecule has 4 aromatic carbocycles. The number of hydrogen-bond donors (Lipinski definition) is 0. The molecule has 1 aliphatic carbocycles. The minimum Gasteiger partial charge on any atom is -0.345 e. The van der Waals surface area contributed by atoms with Gasteiger partial charge in [0.1, 0.15) is 0 Å². The minimum atomic E-state index is 0.101. The summed E-state index contributed by atoms with van der Waals surface area (Å²) in [6, 6.07) is 37.6. The van der Waals surface area contributed by atoms with Gasteiger partial charge in [-0.3, -0.25) is 4.79 Å². The number of hydrogen-bond acceptors (Lipinski definition) is 3. The van der Waals surface area contributed by atoms with Gasteiger partial charge < -0.3 is 9.80 Å². The minimum absolute atomic E-state index is 0.101. The van der Waals surface area contributed by atoms with Crippen molar-refractivity contribution in [2.24, 2.45) is 11.3 Å². The first-order chi connectivity index (χ1) is 19.7. The van der Waals surface area contributed by atoms with Crippen LogP contribution in [0, 0.1) is 11.3 Å². The number of nitrogens with zero attached hydrogens (tertiary/aromatic N) is 2. The fourth-order valence-corrected chi connectivity index (χ4v) is 5.45. The maximum atomic E-state index is 13.8. The van der Waals surface area contributed by atoms with Crippen LogP contribution in [0.3, 0.4) is 0 Å². The molecular weight excluding hydrogens is 500 g/mol. The van der Waals surface area contributed by atoms with Crippen LogP contribution in [0.15, 0.2) is 120 Å². The van der Waals surface area contributed by atoms with Crippen molar-refractivity contribution in [1.29, 1.82) is 0 Å². The van der Waals surface area contributed by atoms with Crippen molar-refractivity contribution < 1.29 is 4.79 Å². The second-order valence-corrected chi connectivity index (χ2v) is 12.1. The van der Waals surface area contributed by atoms with E-state index >= 15 is 0 Å². The van der Waals surface area contributed by atoms with Gasteiger partial charge in [0.25, 0.3) is 0 Å². The van der Waals surface area contributed by atoms with E-state index in [1.165, 1.54) is 0 Å². The Morgan fingerprint density at radius 1 is 0.561 bits per heavy atom. The van der Waals surface area contributed by atoms with Crippen LogP contribution in [0.25, 0.3) is 12.2 Å². The summed E-state index contributed by atoms with van der Waals surface area (Å²) in [6.07, 6.45) is 5.79. The Kier molecular flexibility index (Phi) is 8.26. The van der Waals surface area contributed by atoms with Gasteiger partial charge >= 0.3 is 0 Å². The lowest BCUT2D eigenvalue weighted by atomic mass is 9.68. The van der Waals surface area contributed by atoms with E-state index in [-0.39, 0.29) is 11.2 Å². The van der Waals surface area contributed by atoms with E-state index in [0.717, 1.165) is 57.9 Å². The highest BCUT2D eigenvalue weighted by atomic mass is 16.1. The lowest BCUT2D eigenvalue weighted by molar-refractivity contribution is -0.113. The molecule has 3 heteroatoms. The molecule has 0 spiro atoms. The summed E-state index contributed by atoms with van der Waals surface area (Å²) in [7, 11) is 4.15. The Hall–Kier alpha value is -4.37. The Balaban J connectivity index is 1.39. The first-order valence-corrected chi connectivity index (χ1v) is 14.4. The molecule has 0 saturated heterocycles. The molecule has 0 aliphatic heterocycles. The number of anilines is 4. The van der Waals surface area contributed by atoms with Crippen molar-refractivity contribution in [3.63, 3.8) is 0 Å². The second-order valence-electron chi connectivity index (χ2n) is 12.1. The van der Waals surface area contributed by atoms with Crippen LogP contribution in [-0.4, -0.2) is 19.9 Å². The molecule has 1 saturated carbocycles. The summed E-state index contributed by atoms with van der Waals surface area (Å²) >= 11 is 0. The predicted octanol–water partition coefficient (Wildman–Crippen LogP) is 9.71. The number of Topliss-reactive ketones (excluding diaryl/α,β-unsaturated/α-hetero) is 1. The van der Waals surface area contributed by atoms with Gasteiger partial charge in [0, 0.05) is 48.0 Å². The molecule has 0 heterocycles. The van der Waals surface area contributed by atoms with Crippen LogP contribution in [0.1, 0.15) is 44.7 Å². The maximum absolute atomic E-state index is 13.8. The molecule has 1 fully saturated rings. The first-order valence-electron chi connectivity index (χ1n) is 14.4. The molecule has 0 bridgehead atoms. The van der Waals surface area contributed by atoms with Gasteiger partial charge in [0.15, 0.2) is 5.78 Å². The maximum Gasteiger partial charge on any atom is 0.185 e.